The van der Waals surface area contributed by atoms with E-state index in [1.54, 1.807) is 46.1 Å². The molecule has 2 aromatic heterocycles. The summed E-state index contributed by atoms with van der Waals surface area (Å²) < 4.78 is 67.5. The molecule has 432 valence electrons. The van der Waals surface area contributed by atoms with E-state index in [0.29, 0.717) is 70.9 Å². The molecule has 11 rings (SSSR count). The van der Waals surface area contributed by atoms with Crippen molar-refractivity contribution in [2.45, 2.75) is 133 Å². The van der Waals surface area contributed by atoms with Gasteiger partial charge in [-0.05, 0) is 171 Å². The third kappa shape index (κ3) is 9.99. The monoisotopic (exact) mass is 1160 g/mol. The van der Waals surface area contributed by atoms with Crippen molar-refractivity contribution >= 4 is 67.2 Å². The number of aryl methyl sites for hydroxylation is 4. The fraction of sp³-hybridized carbons (Fsp3) is 0.448. The molecule has 9 amide bonds. The lowest BCUT2D eigenvalue weighted by Crippen LogP contribution is -2.52. The van der Waals surface area contributed by atoms with Crippen molar-refractivity contribution in [3.05, 3.63) is 121 Å². The minimum absolute atomic E-state index is 0.0437. The summed E-state index contributed by atoms with van der Waals surface area (Å²) in [4.78, 5) is 82.9. The molecule has 0 spiro atoms. The molecule has 24 heteroatoms. The molecule has 0 saturated carbocycles. The van der Waals surface area contributed by atoms with E-state index in [-0.39, 0.29) is 61.2 Å². The van der Waals surface area contributed by atoms with Gasteiger partial charge >= 0.3 is 18.1 Å². The summed E-state index contributed by atoms with van der Waals surface area (Å²) in [6.07, 6.45) is 8.42. The molecule has 5 aromatic rings. The first-order chi connectivity index (χ1) is 39.0. The molecule has 2 aliphatic heterocycles. The van der Waals surface area contributed by atoms with Gasteiger partial charge in [-0.25, -0.2) is 23.8 Å². The Balaban J connectivity index is 0.745. The zero-order valence-corrected chi connectivity index (χ0v) is 48.6. The molecule has 82 heavy (non-hydrogen) atoms. The fourth-order valence-corrected chi connectivity index (χ4v) is 15.2. The second kappa shape index (κ2) is 21.2. The number of sulfonamides is 2. The minimum atomic E-state index is -4.50. The largest absolute Gasteiger partial charge is 0.497 e. The Hall–Kier alpha value is -7.86. The van der Waals surface area contributed by atoms with Gasteiger partial charge in [-0.3, -0.25) is 33.5 Å². The predicted octanol–water partition coefficient (Wildman–Crippen LogP) is 5.93. The summed E-state index contributed by atoms with van der Waals surface area (Å²) >= 11 is 0. The normalized spacial score (nSPS) is 18.8. The highest BCUT2D eigenvalue weighted by molar-refractivity contribution is 7.90. The number of urea groups is 3. The van der Waals surface area contributed by atoms with Gasteiger partial charge in [-0.15, -0.1) is 0 Å². The molecule has 0 fully saturated rings. The number of hydrogen-bond donors (Lipinski definition) is 5. The van der Waals surface area contributed by atoms with Crippen LogP contribution in [-0.2, 0) is 107 Å². The van der Waals surface area contributed by atoms with Crippen LogP contribution in [0.3, 0.4) is 0 Å². The maximum Gasteiger partial charge on any atom is 0.333 e. The van der Waals surface area contributed by atoms with E-state index in [4.69, 9.17) is 4.74 Å². The van der Waals surface area contributed by atoms with Crippen LogP contribution in [0.2, 0.25) is 0 Å². The Morgan fingerprint density at radius 2 is 1.34 bits per heavy atom. The van der Waals surface area contributed by atoms with Crippen LogP contribution in [0.15, 0.2) is 63.7 Å². The molecule has 4 aliphatic carbocycles. The SMILES string of the molecule is CCC1=C(C)CN(C(=O)NCCc2cc(S(=O)(=O)NC(=O)Nc3c4c(cc5c3CCC5C3Cc5cc6c(c(NC(=O)NS(=O)(=O)c7cc(CCN8C(=O)c9cc(OC)ccc9C(C)(C)C8=O)n(C)n7)c5C3)CCC6)CCC4)nn2C)C1=O. The molecule has 0 bridgehead atoms. The highest BCUT2D eigenvalue weighted by atomic mass is 32.2. The van der Waals surface area contributed by atoms with Gasteiger partial charge in [-0.1, -0.05) is 25.1 Å². The number of rotatable bonds is 15. The maximum atomic E-state index is 13.9. The van der Waals surface area contributed by atoms with Crippen LogP contribution in [0.25, 0.3) is 0 Å². The van der Waals surface area contributed by atoms with Gasteiger partial charge in [0, 0.05) is 86.1 Å². The minimum Gasteiger partial charge on any atom is -0.497 e. The Bertz CT molecular complexity index is 3860. The van der Waals surface area contributed by atoms with Crippen LogP contribution in [0.4, 0.5) is 25.8 Å². The van der Waals surface area contributed by atoms with Crippen LogP contribution in [0.1, 0.15) is 131 Å². The van der Waals surface area contributed by atoms with E-state index in [2.05, 4.69) is 47.7 Å². The summed E-state index contributed by atoms with van der Waals surface area (Å²) in [6.45, 7) is 7.47. The number of nitrogens with one attached hydrogen (secondary N) is 5. The molecule has 3 aromatic carbocycles. The number of aromatic nitrogens is 4. The highest BCUT2D eigenvalue weighted by Crippen LogP contribution is 2.51. The number of anilines is 2. The van der Waals surface area contributed by atoms with Crippen LogP contribution >= 0.6 is 0 Å². The first-order valence-electron chi connectivity index (χ1n) is 27.9. The molecule has 22 nitrogen and oxygen atoms in total. The summed E-state index contributed by atoms with van der Waals surface area (Å²) in [7, 11) is -4.32. The second-order valence-electron chi connectivity index (χ2n) is 22.9. The van der Waals surface area contributed by atoms with Crippen molar-refractivity contribution in [3.63, 3.8) is 0 Å². The smallest absolute Gasteiger partial charge is 0.333 e. The third-order valence-corrected chi connectivity index (χ3v) is 20.0. The van der Waals surface area contributed by atoms with E-state index in [9.17, 15) is 45.6 Å². The van der Waals surface area contributed by atoms with Crippen molar-refractivity contribution in [2.24, 2.45) is 20.0 Å². The maximum absolute atomic E-state index is 13.9. The molecular formula is C58H67N11O11S2. The van der Waals surface area contributed by atoms with Gasteiger partial charge in [-0.2, -0.15) is 27.0 Å². The van der Waals surface area contributed by atoms with Crippen molar-refractivity contribution in [2.75, 3.05) is 37.4 Å². The van der Waals surface area contributed by atoms with Crippen molar-refractivity contribution < 1.29 is 50.3 Å². The topological polar surface area (TPSA) is 282 Å². The molecule has 6 aliphatic rings. The summed E-state index contributed by atoms with van der Waals surface area (Å²) in [6, 6.07) is 9.81. The summed E-state index contributed by atoms with van der Waals surface area (Å²) in [5, 5.41) is 16.3. The number of benzene rings is 3. The van der Waals surface area contributed by atoms with Crippen LogP contribution in [-0.4, -0.2) is 109 Å². The Kier molecular flexibility index (Phi) is 14.5. The fourth-order valence-electron chi connectivity index (χ4n) is 13.4. The summed E-state index contributed by atoms with van der Waals surface area (Å²) in [5.74, 6) is -0.525. The predicted molar refractivity (Wildman–Crippen MR) is 302 cm³/mol. The van der Waals surface area contributed by atoms with Crippen molar-refractivity contribution in [1.29, 1.82) is 0 Å². The molecule has 2 atom stereocenters. The lowest BCUT2D eigenvalue weighted by Gasteiger charge is -2.37. The number of carbonyl (C=O) groups is 6. The Morgan fingerprint density at radius 1 is 0.732 bits per heavy atom. The third-order valence-electron chi connectivity index (χ3n) is 17.6. The molecule has 0 radical (unpaired) electrons. The lowest BCUT2D eigenvalue weighted by molar-refractivity contribution is -0.134. The zero-order chi connectivity index (χ0) is 58.3. The average molecular weight is 1160 g/mol. The van der Waals surface area contributed by atoms with E-state index < -0.39 is 54.5 Å². The van der Waals surface area contributed by atoms with Gasteiger partial charge < -0.3 is 20.7 Å². The quantitative estimate of drug-likeness (QED) is 0.0762. The van der Waals surface area contributed by atoms with E-state index >= 15 is 0 Å². The Labute approximate surface area is 475 Å². The van der Waals surface area contributed by atoms with Gasteiger partial charge in [0.15, 0.2) is 10.1 Å². The molecule has 4 heterocycles. The average Bonchev–Trinajstić information content (AvgIpc) is 4.01. The van der Waals surface area contributed by atoms with E-state index in [1.165, 1.54) is 33.5 Å². The summed E-state index contributed by atoms with van der Waals surface area (Å²) in [5.41, 5.74) is 11.9. The van der Waals surface area contributed by atoms with Crippen molar-refractivity contribution in [3.8, 4) is 5.75 Å². The number of ether oxygens (including phenoxy) is 1. The standard InChI is InChI=1S/C58H67N11O11S2/c1-8-39-31(2)30-69(52(39)70)57(75)59-21-19-36-27-48(62-66(36)5)81(76,77)64-55(73)60-50-42-14-10-12-33(42)25-45-40(16-17-43(45)50)35-24-34-23-32-11-9-13-41(32)51(44(34)26-35)61-56(74)65-82(78,79)49-28-37(67(6)63-49)20-22-68-53(71)46-29-38(80-7)15-18-47(46)58(3,4)54(68)72/h15,18,23,25,27-29,35,40H,8-14,16-17,19-22,24,26,30H2,1-7H3,(H,59,75)(H2,60,64,73)(H2,61,65,74). The van der Waals surface area contributed by atoms with E-state index in [1.807, 2.05) is 13.8 Å². The van der Waals surface area contributed by atoms with Crippen LogP contribution in [0, 0.1) is 5.92 Å². The number of imide groups is 2. The Morgan fingerprint density at radius 3 is 1.95 bits per heavy atom. The second-order valence-corrected chi connectivity index (χ2v) is 26.1. The number of nitrogens with zero attached hydrogens (tertiary/aromatic N) is 6. The first-order valence-corrected chi connectivity index (χ1v) is 30.8. The number of methoxy groups -OCH3 is 1. The number of fused-ring (bicyclic) bond motifs is 5. The molecule has 0 saturated heterocycles. The van der Waals surface area contributed by atoms with Crippen molar-refractivity contribution in [1.82, 2.24) is 44.1 Å². The van der Waals surface area contributed by atoms with Gasteiger partial charge in [0.1, 0.15) is 5.75 Å². The van der Waals surface area contributed by atoms with Gasteiger partial charge in [0.25, 0.3) is 31.9 Å². The zero-order valence-electron chi connectivity index (χ0n) is 47.0. The first kappa shape index (κ1) is 56.0. The number of carbonyl (C=O) groups excluding carboxylic acids is 6. The number of amides is 9. The molecular weight excluding hydrogens is 1090 g/mol. The van der Waals surface area contributed by atoms with E-state index in [0.717, 1.165) is 99.9 Å². The lowest BCUT2D eigenvalue weighted by atomic mass is 9.77. The van der Waals surface area contributed by atoms with Crippen LogP contribution in [0.5, 0.6) is 5.75 Å². The molecule has 2 unspecified atom stereocenters. The highest BCUT2D eigenvalue weighted by Gasteiger charge is 2.45. The number of hydrogen-bond acceptors (Lipinski definition) is 13. The molecule has 5 N–H and O–H groups in total. The van der Waals surface area contributed by atoms with Gasteiger partial charge in [0.2, 0.25) is 5.91 Å². The van der Waals surface area contributed by atoms with Gasteiger partial charge in [0.05, 0.1) is 19.1 Å². The van der Waals surface area contributed by atoms with Crippen LogP contribution < -0.4 is 30.1 Å².